The van der Waals surface area contributed by atoms with Gasteiger partial charge in [-0.2, -0.15) is 0 Å². The molecule has 1 rings (SSSR count). The average molecular weight is 185 g/mol. The van der Waals surface area contributed by atoms with Crippen molar-refractivity contribution in [3.05, 3.63) is 0 Å². The topological polar surface area (TPSA) is 66.4 Å². The molecule has 74 valence electrons. The molecule has 0 radical (unpaired) electrons. The number of amides is 1. The number of carboxylic acids is 1. The molecule has 1 aliphatic rings. The van der Waals surface area contributed by atoms with E-state index in [4.69, 9.17) is 5.11 Å². The van der Waals surface area contributed by atoms with Crippen LogP contribution in [0.5, 0.6) is 0 Å². The van der Waals surface area contributed by atoms with Crippen molar-refractivity contribution >= 4 is 11.9 Å². The van der Waals surface area contributed by atoms with Crippen LogP contribution in [0.15, 0.2) is 0 Å². The summed E-state index contributed by atoms with van der Waals surface area (Å²) in [6, 6.07) is 0.409. The molecule has 4 heteroatoms. The Bertz CT molecular complexity index is 199. The maximum Gasteiger partial charge on any atom is 0.303 e. The Morgan fingerprint density at radius 1 is 1.23 bits per heavy atom. The molecule has 2 N–H and O–H groups in total. The highest BCUT2D eigenvalue weighted by atomic mass is 16.4. The molecular weight excluding hydrogens is 170 g/mol. The molecule has 0 saturated heterocycles. The molecule has 1 amide bonds. The minimum Gasteiger partial charge on any atom is -0.481 e. The minimum absolute atomic E-state index is 0.0629. The number of carbonyl (C=O) groups excluding carboxylic acids is 1. The van der Waals surface area contributed by atoms with Crippen LogP contribution < -0.4 is 5.32 Å². The van der Waals surface area contributed by atoms with Crippen LogP contribution in [0.2, 0.25) is 0 Å². The first-order valence-corrected chi connectivity index (χ1v) is 4.69. The molecule has 4 nitrogen and oxygen atoms in total. The van der Waals surface area contributed by atoms with E-state index in [2.05, 4.69) is 5.32 Å². The van der Waals surface area contributed by atoms with Gasteiger partial charge in [0.2, 0.25) is 5.91 Å². The second-order valence-electron chi connectivity index (χ2n) is 3.44. The summed E-state index contributed by atoms with van der Waals surface area (Å²) in [4.78, 5) is 21.2. The monoisotopic (exact) mass is 185 g/mol. The third-order valence-electron chi connectivity index (χ3n) is 1.99. The molecule has 0 heterocycles. The zero-order valence-electron chi connectivity index (χ0n) is 7.58. The van der Waals surface area contributed by atoms with Crippen LogP contribution in [0, 0.1) is 0 Å². The molecule has 1 saturated carbocycles. The molecule has 1 fully saturated rings. The van der Waals surface area contributed by atoms with Gasteiger partial charge < -0.3 is 10.4 Å². The molecule has 0 aromatic rings. The highest BCUT2D eigenvalue weighted by Gasteiger charge is 2.22. The maximum absolute atomic E-state index is 11.1. The zero-order valence-corrected chi connectivity index (χ0v) is 7.58. The quantitative estimate of drug-likeness (QED) is 0.604. The van der Waals surface area contributed by atoms with Crippen molar-refractivity contribution in [1.82, 2.24) is 5.32 Å². The van der Waals surface area contributed by atoms with E-state index in [0.29, 0.717) is 25.3 Å². The van der Waals surface area contributed by atoms with E-state index in [-0.39, 0.29) is 12.3 Å². The second-order valence-corrected chi connectivity index (χ2v) is 3.44. The fraction of sp³-hybridized carbons (Fsp3) is 0.778. The van der Waals surface area contributed by atoms with Crippen LogP contribution in [0.3, 0.4) is 0 Å². The molecule has 1 aliphatic carbocycles. The van der Waals surface area contributed by atoms with Crippen molar-refractivity contribution in [2.75, 3.05) is 0 Å². The zero-order chi connectivity index (χ0) is 9.68. The van der Waals surface area contributed by atoms with Crippen LogP contribution in [0.1, 0.15) is 38.5 Å². The van der Waals surface area contributed by atoms with Crippen LogP contribution in [0.25, 0.3) is 0 Å². The van der Waals surface area contributed by atoms with Crippen molar-refractivity contribution in [3.8, 4) is 0 Å². The van der Waals surface area contributed by atoms with Crippen molar-refractivity contribution in [2.24, 2.45) is 0 Å². The lowest BCUT2D eigenvalue weighted by Crippen LogP contribution is -2.24. The molecule has 13 heavy (non-hydrogen) atoms. The first-order valence-electron chi connectivity index (χ1n) is 4.69. The van der Waals surface area contributed by atoms with Gasteiger partial charge in [-0.15, -0.1) is 0 Å². The van der Waals surface area contributed by atoms with Gasteiger partial charge in [-0.3, -0.25) is 9.59 Å². The number of rotatable bonds is 6. The number of nitrogens with one attached hydrogen (secondary N) is 1. The molecule has 0 spiro atoms. The van der Waals surface area contributed by atoms with Gasteiger partial charge in [0.1, 0.15) is 0 Å². The number of unbranched alkanes of at least 4 members (excludes halogenated alkanes) is 1. The fourth-order valence-corrected chi connectivity index (χ4v) is 1.09. The number of hydrogen-bond donors (Lipinski definition) is 2. The van der Waals surface area contributed by atoms with Gasteiger partial charge in [-0.25, -0.2) is 0 Å². The van der Waals surface area contributed by atoms with Crippen LogP contribution >= 0.6 is 0 Å². The Morgan fingerprint density at radius 3 is 2.38 bits per heavy atom. The van der Waals surface area contributed by atoms with E-state index in [9.17, 15) is 9.59 Å². The van der Waals surface area contributed by atoms with Gasteiger partial charge in [-0.05, 0) is 25.7 Å². The summed E-state index contributed by atoms with van der Waals surface area (Å²) >= 11 is 0. The molecular formula is C9H15NO3. The summed E-state index contributed by atoms with van der Waals surface area (Å²) in [6.07, 6.45) is 4.08. The summed E-state index contributed by atoms with van der Waals surface area (Å²) in [5, 5.41) is 11.2. The Balaban J connectivity index is 1.91. The molecule has 0 aromatic heterocycles. The lowest BCUT2D eigenvalue weighted by atomic mass is 10.2. The van der Waals surface area contributed by atoms with E-state index < -0.39 is 5.97 Å². The Hall–Kier alpha value is -1.06. The molecule has 0 aromatic carbocycles. The minimum atomic E-state index is -0.789. The van der Waals surface area contributed by atoms with Gasteiger partial charge in [0.25, 0.3) is 0 Å². The highest BCUT2D eigenvalue weighted by Crippen LogP contribution is 2.18. The van der Waals surface area contributed by atoms with Gasteiger partial charge in [0.15, 0.2) is 0 Å². The third kappa shape index (κ3) is 5.22. The van der Waals surface area contributed by atoms with Crippen molar-refractivity contribution in [3.63, 3.8) is 0 Å². The third-order valence-corrected chi connectivity index (χ3v) is 1.99. The summed E-state index contributed by atoms with van der Waals surface area (Å²) < 4.78 is 0. The Kier molecular flexibility index (Phi) is 3.73. The first kappa shape index (κ1) is 10.0. The number of carboxylic acid groups (broad SMARTS) is 1. The molecule has 0 unspecified atom stereocenters. The molecule has 0 aliphatic heterocycles. The normalized spacial score (nSPS) is 15.4. The Morgan fingerprint density at radius 2 is 1.85 bits per heavy atom. The van der Waals surface area contributed by atoms with Gasteiger partial charge in [0, 0.05) is 18.9 Å². The predicted molar refractivity (Wildman–Crippen MR) is 47.3 cm³/mol. The largest absolute Gasteiger partial charge is 0.481 e. The van der Waals surface area contributed by atoms with Crippen molar-refractivity contribution in [1.29, 1.82) is 0 Å². The highest BCUT2D eigenvalue weighted by molar-refractivity contribution is 5.76. The SMILES string of the molecule is O=C(O)CCCCC(=O)NC1CC1. The van der Waals surface area contributed by atoms with E-state index in [1.54, 1.807) is 0 Å². The molecule has 0 atom stereocenters. The lowest BCUT2D eigenvalue weighted by Gasteiger charge is -2.01. The second kappa shape index (κ2) is 4.84. The van der Waals surface area contributed by atoms with E-state index in [0.717, 1.165) is 12.8 Å². The van der Waals surface area contributed by atoms with E-state index >= 15 is 0 Å². The average Bonchev–Trinajstić information content (AvgIpc) is 2.81. The summed E-state index contributed by atoms with van der Waals surface area (Å²) in [7, 11) is 0. The maximum atomic E-state index is 11.1. The van der Waals surface area contributed by atoms with Crippen LogP contribution in [-0.2, 0) is 9.59 Å². The van der Waals surface area contributed by atoms with Crippen LogP contribution in [-0.4, -0.2) is 23.0 Å². The van der Waals surface area contributed by atoms with Gasteiger partial charge in [0.05, 0.1) is 0 Å². The smallest absolute Gasteiger partial charge is 0.303 e. The lowest BCUT2D eigenvalue weighted by molar-refractivity contribution is -0.137. The van der Waals surface area contributed by atoms with E-state index in [1.807, 2.05) is 0 Å². The predicted octanol–water partition coefficient (Wildman–Crippen LogP) is 0.910. The van der Waals surface area contributed by atoms with Gasteiger partial charge >= 0.3 is 5.97 Å². The van der Waals surface area contributed by atoms with Gasteiger partial charge in [-0.1, -0.05) is 0 Å². The van der Waals surface area contributed by atoms with Crippen molar-refractivity contribution < 1.29 is 14.7 Å². The number of hydrogen-bond acceptors (Lipinski definition) is 2. The first-order chi connectivity index (χ1) is 6.18. The standard InChI is InChI=1S/C9H15NO3/c11-8(10-7-5-6-7)3-1-2-4-9(12)13/h7H,1-6H2,(H,10,11)(H,12,13). The van der Waals surface area contributed by atoms with Crippen LogP contribution in [0.4, 0.5) is 0 Å². The molecule has 0 bridgehead atoms. The Labute approximate surface area is 77.3 Å². The number of carbonyl (C=O) groups is 2. The fourth-order valence-electron chi connectivity index (χ4n) is 1.09. The summed E-state index contributed by atoms with van der Waals surface area (Å²) in [5.74, 6) is -0.726. The number of aliphatic carboxylic acids is 1. The van der Waals surface area contributed by atoms with E-state index in [1.165, 1.54) is 0 Å². The van der Waals surface area contributed by atoms with Crippen molar-refractivity contribution in [2.45, 2.75) is 44.6 Å². The summed E-state index contributed by atoms with van der Waals surface area (Å²) in [5.41, 5.74) is 0. The summed E-state index contributed by atoms with van der Waals surface area (Å²) in [6.45, 7) is 0.